The van der Waals surface area contributed by atoms with Crippen molar-refractivity contribution >= 4 is 11.6 Å². The Balaban J connectivity index is 2.07. The Morgan fingerprint density at radius 2 is 1.74 bits per heavy atom. The highest BCUT2D eigenvalue weighted by Crippen LogP contribution is 2.42. The molecule has 0 fully saturated rings. The lowest BCUT2D eigenvalue weighted by atomic mass is 9.84. The molecule has 0 unspecified atom stereocenters. The van der Waals surface area contributed by atoms with Crippen LogP contribution < -0.4 is 14.8 Å². The summed E-state index contributed by atoms with van der Waals surface area (Å²) >= 11 is 0. The van der Waals surface area contributed by atoms with E-state index in [2.05, 4.69) is 36.5 Å². The molecule has 120 valence electrons. The topological polar surface area (TPSA) is 47.6 Å². The third-order valence-electron chi connectivity index (χ3n) is 4.39. The third kappa shape index (κ3) is 2.89. The molecule has 2 aromatic rings. The van der Waals surface area contributed by atoms with Gasteiger partial charge in [0.1, 0.15) is 0 Å². The van der Waals surface area contributed by atoms with Crippen molar-refractivity contribution in [3.8, 4) is 11.5 Å². The molecule has 1 aliphatic heterocycles. The Morgan fingerprint density at radius 1 is 1.09 bits per heavy atom. The van der Waals surface area contributed by atoms with Crippen LogP contribution in [0.1, 0.15) is 36.0 Å². The molecule has 1 amide bonds. The Labute approximate surface area is 136 Å². The summed E-state index contributed by atoms with van der Waals surface area (Å²) in [4.78, 5) is 12.1. The molecule has 2 aromatic carbocycles. The fraction of sp³-hybridized carbons (Fsp3) is 0.316. The second kappa shape index (κ2) is 6.32. The van der Waals surface area contributed by atoms with E-state index in [1.54, 1.807) is 14.2 Å². The van der Waals surface area contributed by atoms with Crippen molar-refractivity contribution in [1.82, 2.24) is 0 Å². The van der Waals surface area contributed by atoms with E-state index in [0.717, 1.165) is 23.2 Å². The van der Waals surface area contributed by atoms with Crippen LogP contribution in [0.2, 0.25) is 0 Å². The van der Waals surface area contributed by atoms with Crippen LogP contribution in [0.5, 0.6) is 11.5 Å². The van der Waals surface area contributed by atoms with Crippen molar-refractivity contribution in [2.75, 3.05) is 19.5 Å². The van der Waals surface area contributed by atoms with Gasteiger partial charge in [-0.05, 0) is 29.2 Å². The minimum absolute atomic E-state index is 0.0225. The van der Waals surface area contributed by atoms with Gasteiger partial charge in [-0.3, -0.25) is 4.79 Å². The van der Waals surface area contributed by atoms with Crippen LogP contribution in [0, 0.1) is 0 Å². The molecule has 3 rings (SSSR count). The number of fused-ring (bicyclic) bond motifs is 1. The lowest BCUT2D eigenvalue weighted by Gasteiger charge is -2.27. The van der Waals surface area contributed by atoms with Gasteiger partial charge in [-0.1, -0.05) is 31.2 Å². The maximum Gasteiger partial charge on any atom is 0.225 e. The maximum atomic E-state index is 12.1. The van der Waals surface area contributed by atoms with Crippen LogP contribution >= 0.6 is 0 Å². The standard InChI is InChI=1S/C19H21NO3/c1-4-12-5-7-13(8-6-12)14-10-19(21)20-16-11-18(23-3)17(22-2)9-15(14)16/h5-9,11,14H,4,10H2,1-3H3,(H,20,21)/t14-/m0/s1. The number of aryl methyl sites for hydroxylation is 1. The first-order chi connectivity index (χ1) is 11.2. The van der Waals surface area contributed by atoms with Crippen molar-refractivity contribution in [2.24, 2.45) is 0 Å². The lowest BCUT2D eigenvalue weighted by Crippen LogP contribution is -2.23. The largest absolute Gasteiger partial charge is 0.493 e. The maximum absolute atomic E-state index is 12.1. The molecule has 1 atom stereocenters. The molecule has 4 heteroatoms. The summed E-state index contributed by atoms with van der Waals surface area (Å²) in [5, 5.41) is 2.93. The number of methoxy groups -OCH3 is 2. The minimum atomic E-state index is 0.0225. The fourth-order valence-corrected chi connectivity index (χ4v) is 3.07. The van der Waals surface area contributed by atoms with Crippen molar-refractivity contribution in [1.29, 1.82) is 0 Å². The van der Waals surface area contributed by atoms with E-state index >= 15 is 0 Å². The zero-order chi connectivity index (χ0) is 16.4. The number of anilines is 1. The highest BCUT2D eigenvalue weighted by molar-refractivity contribution is 5.96. The van der Waals surface area contributed by atoms with Gasteiger partial charge in [-0.15, -0.1) is 0 Å². The van der Waals surface area contributed by atoms with E-state index in [4.69, 9.17) is 9.47 Å². The third-order valence-corrected chi connectivity index (χ3v) is 4.39. The Hall–Kier alpha value is -2.49. The zero-order valence-corrected chi connectivity index (χ0v) is 13.7. The zero-order valence-electron chi connectivity index (χ0n) is 13.7. The lowest BCUT2D eigenvalue weighted by molar-refractivity contribution is -0.116. The smallest absolute Gasteiger partial charge is 0.225 e. The fourth-order valence-electron chi connectivity index (χ4n) is 3.07. The molecule has 0 aliphatic carbocycles. The van der Waals surface area contributed by atoms with Gasteiger partial charge in [0.05, 0.1) is 14.2 Å². The van der Waals surface area contributed by atoms with Crippen molar-refractivity contribution in [3.63, 3.8) is 0 Å². The van der Waals surface area contributed by atoms with Gasteiger partial charge >= 0.3 is 0 Å². The summed E-state index contributed by atoms with van der Waals surface area (Å²) in [6.07, 6.45) is 1.45. The number of hydrogen-bond donors (Lipinski definition) is 1. The van der Waals surface area contributed by atoms with E-state index in [0.29, 0.717) is 17.9 Å². The van der Waals surface area contributed by atoms with E-state index in [1.807, 2.05) is 12.1 Å². The van der Waals surface area contributed by atoms with Crippen LogP contribution in [0.25, 0.3) is 0 Å². The molecule has 23 heavy (non-hydrogen) atoms. The Bertz CT molecular complexity index is 722. The Kier molecular flexibility index (Phi) is 4.24. The molecule has 1 aliphatic rings. The molecule has 4 nitrogen and oxygen atoms in total. The minimum Gasteiger partial charge on any atom is -0.493 e. The van der Waals surface area contributed by atoms with E-state index in [1.165, 1.54) is 5.56 Å². The van der Waals surface area contributed by atoms with Gasteiger partial charge in [-0.25, -0.2) is 0 Å². The predicted molar refractivity (Wildman–Crippen MR) is 90.5 cm³/mol. The van der Waals surface area contributed by atoms with Gasteiger partial charge < -0.3 is 14.8 Å². The molecule has 1 N–H and O–H groups in total. The number of ether oxygens (including phenoxy) is 2. The molecular formula is C19H21NO3. The number of benzene rings is 2. The number of rotatable bonds is 4. The number of carbonyl (C=O) groups is 1. The second-order valence-corrected chi connectivity index (χ2v) is 5.69. The van der Waals surface area contributed by atoms with E-state index in [9.17, 15) is 4.79 Å². The summed E-state index contributed by atoms with van der Waals surface area (Å²) in [5.41, 5.74) is 4.29. The second-order valence-electron chi connectivity index (χ2n) is 5.69. The van der Waals surface area contributed by atoms with Crippen molar-refractivity contribution < 1.29 is 14.3 Å². The molecule has 0 saturated carbocycles. The summed E-state index contributed by atoms with van der Waals surface area (Å²) in [5.74, 6) is 1.35. The highest BCUT2D eigenvalue weighted by Gasteiger charge is 2.28. The summed E-state index contributed by atoms with van der Waals surface area (Å²) in [7, 11) is 3.21. The van der Waals surface area contributed by atoms with Crippen LogP contribution in [-0.2, 0) is 11.2 Å². The Morgan fingerprint density at radius 3 is 2.35 bits per heavy atom. The molecule has 0 radical (unpaired) electrons. The van der Waals surface area contributed by atoms with Gasteiger partial charge in [0, 0.05) is 24.1 Å². The van der Waals surface area contributed by atoms with Gasteiger partial charge in [0.15, 0.2) is 11.5 Å². The molecule has 0 saturated heterocycles. The molecule has 0 aromatic heterocycles. The summed E-state index contributed by atoms with van der Waals surface area (Å²) < 4.78 is 10.7. The number of amides is 1. The number of nitrogens with one attached hydrogen (secondary N) is 1. The van der Waals surface area contributed by atoms with Crippen LogP contribution in [0.3, 0.4) is 0 Å². The van der Waals surface area contributed by atoms with Gasteiger partial charge in [-0.2, -0.15) is 0 Å². The van der Waals surface area contributed by atoms with Gasteiger partial charge in [0.2, 0.25) is 5.91 Å². The number of hydrogen-bond acceptors (Lipinski definition) is 3. The highest BCUT2D eigenvalue weighted by atomic mass is 16.5. The first-order valence-corrected chi connectivity index (χ1v) is 7.80. The average Bonchev–Trinajstić information content (AvgIpc) is 2.59. The quantitative estimate of drug-likeness (QED) is 0.935. The SMILES string of the molecule is CCc1ccc([C@@H]2CC(=O)Nc3cc(OC)c(OC)cc32)cc1. The average molecular weight is 311 g/mol. The predicted octanol–water partition coefficient (Wildman–Crippen LogP) is 3.74. The normalized spacial score (nSPS) is 16.5. The molecular weight excluding hydrogens is 290 g/mol. The van der Waals surface area contributed by atoms with Crippen LogP contribution in [0.4, 0.5) is 5.69 Å². The number of carbonyl (C=O) groups excluding carboxylic acids is 1. The first kappa shape index (κ1) is 15.4. The molecule has 0 spiro atoms. The first-order valence-electron chi connectivity index (χ1n) is 7.80. The van der Waals surface area contributed by atoms with Crippen molar-refractivity contribution in [2.45, 2.75) is 25.7 Å². The van der Waals surface area contributed by atoms with E-state index < -0.39 is 0 Å². The summed E-state index contributed by atoms with van der Waals surface area (Å²) in [6, 6.07) is 12.3. The van der Waals surface area contributed by atoms with Crippen molar-refractivity contribution in [3.05, 3.63) is 53.1 Å². The van der Waals surface area contributed by atoms with Crippen LogP contribution in [0.15, 0.2) is 36.4 Å². The van der Waals surface area contributed by atoms with Gasteiger partial charge in [0.25, 0.3) is 0 Å². The molecule has 1 heterocycles. The monoisotopic (exact) mass is 311 g/mol. The van der Waals surface area contributed by atoms with E-state index in [-0.39, 0.29) is 11.8 Å². The summed E-state index contributed by atoms with van der Waals surface area (Å²) in [6.45, 7) is 2.13. The van der Waals surface area contributed by atoms with Crippen LogP contribution in [-0.4, -0.2) is 20.1 Å². The molecule has 0 bridgehead atoms.